The average molecular weight is 682 g/mol. The van der Waals surface area contributed by atoms with Gasteiger partial charge in [0.25, 0.3) is 11.8 Å². The minimum absolute atomic E-state index is 0.0420. The molecule has 0 radical (unpaired) electrons. The summed E-state index contributed by atoms with van der Waals surface area (Å²) in [7, 11) is 0. The van der Waals surface area contributed by atoms with Gasteiger partial charge in [-0.05, 0) is 75.2 Å². The lowest BCUT2D eigenvalue weighted by Crippen LogP contribution is -2.51. The number of pyridine rings is 2. The molecular formula is C34H31F4N5O6. The molecule has 1 fully saturated rings. The SMILES string of the molecule is CC1(NC(=O)COc2cc(C(=O)NC[C@](O)(c3cc4c(c(-c5ccc(F)cc5)n3)OC[C@]4(C)C(N)=O)C(F)(F)F)cc3cccnc23)CC1. The molecule has 2 aromatic carbocycles. The number of hydrogen-bond acceptors (Lipinski definition) is 8. The second-order valence-electron chi connectivity index (χ2n) is 12.7. The maximum absolute atomic E-state index is 14.8. The van der Waals surface area contributed by atoms with Gasteiger partial charge in [0.05, 0.1) is 12.2 Å². The fraction of sp³-hybridized carbons (Fsp3) is 0.324. The van der Waals surface area contributed by atoms with Crippen molar-refractivity contribution in [3.63, 3.8) is 0 Å². The van der Waals surface area contributed by atoms with E-state index in [4.69, 9.17) is 15.2 Å². The number of nitrogens with zero attached hydrogens (tertiary/aromatic N) is 2. The van der Waals surface area contributed by atoms with Gasteiger partial charge in [-0.3, -0.25) is 19.4 Å². The number of nitrogens with one attached hydrogen (secondary N) is 2. The van der Waals surface area contributed by atoms with Gasteiger partial charge in [0.2, 0.25) is 11.5 Å². The van der Waals surface area contributed by atoms with Crippen LogP contribution in [0.2, 0.25) is 0 Å². The van der Waals surface area contributed by atoms with E-state index in [1.54, 1.807) is 12.1 Å². The van der Waals surface area contributed by atoms with Crippen LogP contribution in [-0.4, -0.2) is 64.3 Å². The molecule has 0 bridgehead atoms. The van der Waals surface area contributed by atoms with Crippen molar-refractivity contribution in [1.29, 1.82) is 0 Å². The van der Waals surface area contributed by atoms with Gasteiger partial charge in [0.1, 0.15) is 40.5 Å². The zero-order valence-electron chi connectivity index (χ0n) is 26.3. The van der Waals surface area contributed by atoms with Crippen molar-refractivity contribution in [3.8, 4) is 22.8 Å². The largest absolute Gasteiger partial charge is 0.489 e. The van der Waals surface area contributed by atoms with Gasteiger partial charge in [-0.25, -0.2) is 9.37 Å². The molecule has 1 aliphatic carbocycles. The highest BCUT2D eigenvalue weighted by Gasteiger charge is 2.57. The van der Waals surface area contributed by atoms with Crippen LogP contribution in [-0.2, 0) is 20.6 Å². The first-order chi connectivity index (χ1) is 23.0. The Bertz CT molecular complexity index is 1980. The zero-order chi connectivity index (χ0) is 35.4. The Morgan fingerprint density at radius 2 is 1.80 bits per heavy atom. The first kappa shape index (κ1) is 33.6. The third-order valence-corrected chi connectivity index (χ3v) is 8.86. The number of fused-ring (bicyclic) bond motifs is 2. The van der Waals surface area contributed by atoms with Crippen molar-refractivity contribution in [3.05, 3.63) is 83.4 Å². The van der Waals surface area contributed by atoms with E-state index >= 15 is 0 Å². The fourth-order valence-corrected chi connectivity index (χ4v) is 5.48. The molecule has 0 saturated heterocycles. The molecule has 1 saturated carbocycles. The minimum Gasteiger partial charge on any atom is -0.489 e. The molecule has 5 N–H and O–H groups in total. The number of halogens is 4. The van der Waals surface area contributed by atoms with Gasteiger partial charge < -0.3 is 30.9 Å². The summed E-state index contributed by atoms with van der Waals surface area (Å²) in [4.78, 5) is 46.6. The average Bonchev–Trinajstić information content (AvgIpc) is 3.68. The van der Waals surface area contributed by atoms with E-state index in [0.29, 0.717) is 10.9 Å². The van der Waals surface area contributed by atoms with Crippen LogP contribution < -0.4 is 25.8 Å². The molecule has 0 spiro atoms. The van der Waals surface area contributed by atoms with E-state index in [1.165, 1.54) is 37.4 Å². The maximum atomic E-state index is 14.8. The summed E-state index contributed by atoms with van der Waals surface area (Å²) in [6, 6.07) is 11.3. The number of nitrogens with two attached hydrogens (primary N) is 1. The van der Waals surface area contributed by atoms with E-state index in [1.807, 2.05) is 6.92 Å². The highest BCUT2D eigenvalue weighted by Crippen LogP contribution is 2.47. The van der Waals surface area contributed by atoms with E-state index in [-0.39, 0.29) is 46.0 Å². The molecule has 4 aromatic rings. The predicted molar refractivity (Wildman–Crippen MR) is 167 cm³/mol. The van der Waals surface area contributed by atoms with Crippen LogP contribution in [0, 0.1) is 5.82 Å². The Morgan fingerprint density at radius 3 is 2.45 bits per heavy atom. The van der Waals surface area contributed by atoms with Crippen LogP contribution >= 0.6 is 0 Å². The van der Waals surface area contributed by atoms with Crippen molar-refractivity contribution >= 4 is 28.6 Å². The van der Waals surface area contributed by atoms with Crippen molar-refractivity contribution in [2.75, 3.05) is 19.8 Å². The second kappa shape index (κ2) is 12.0. The number of aliphatic hydroxyl groups is 1. The van der Waals surface area contributed by atoms with Gasteiger partial charge in [-0.2, -0.15) is 13.2 Å². The van der Waals surface area contributed by atoms with Crippen LogP contribution in [0.3, 0.4) is 0 Å². The third-order valence-electron chi connectivity index (χ3n) is 8.86. The first-order valence-corrected chi connectivity index (χ1v) is 15.2. The van der Waals surface area contributed by atoms with Gasteiger partial charge in [-0.1, -0.05) is 6.07 Å². The number of primary amides is 1. The number of alkyl halides is 3. The van der Waals surface area contributed by atoms with E-state index < -0.39 is 59.6 Å². The molecular weight excluding hydrogens is 650 g/mol. The Kier molecular flexibility index (Phi) is 8.21. The number of rotatable bonds is 10. The van der Waals surface area contributed by atoms with Gasteiger partial charge in [-0.15, -0.1) is 0 Å². The number of amides is 3. The summed E-state index contributed by atoms with van der Waals surface area (Å²) in [5.41, 5.74) is -0.984. The number of hydrogen-bond donors (Lipinski definition) is 4. The van der Waals surface area contributed by atoms with Crippen molar-refractivity contribution < 1.29 is 46.5 Å². The highest BCUT2D eigenvalue weighted by molar-refractivity contribution is 6.00. The molecule has 6 rings (SSSR count). The van der Waals surface area contributed by atoms with Crippen molar-refractivity contribution in [2.45, 2.75) is 49.4 Å². The molecule has 2 aromatic heterocycles. The Morgan fingerprint density at radius 1 is 1.08 bits per heavy atom. The summed E-state index contributed by atoms with van der Waals surface area (Å²) in [5, 5.41) is 16.7. The Labute approximate surface area is 276 Å². The molecule has 49 heavy (non-hydrogen) atoms. The number of carbonyl (C=O) groups excluding carboxylic acids is 3. The van der Waals surface area contributed by atoms with Gasteiger partial charge in [0.15, 0.2) is 6.61 Å². The lowest BCUT2D eigenvalue weighted by Gasteiger charge is -2.31. The van der Waals surface area contributed by atoms with Crippen LogP contribution in [0.25, 0.3) is 22.2 Å². The van der Waals surface area contributed by atoms with E-state index in [2.05, 4.69) is 20.6 Å². The summed E-state index contributed by atoms with van der Waals surface area (Å²) < 4.78 is 69.6. The normalized spacial score (nSPS) is 18.9. The summed E-state index contributed by atoms with van der Waals surface area (Å²) in [6.45, 7) is 1.15. The van der Waals surface area contributed by atoms with Crippen LogP contribution in [0.1, 0.15) is 48.3 Å². The number of aromatic nitrogens is 2. The highest BCUT2D eigenvalue weighted by atomic mass is 19.4. The second-order valence-corrected chi connectivity index (χ2v) is 12.7. The smallest absolute Gasteiger partial charge is 0.424 e. The molecule has 0 unspecified atom stereocenters. The van der Waals surface area contributed by atoms with E-state index in [9.17, 15) is 37.1 Å². The lowest BCUT2D eigenvalue weighted by atomic mass is 9.81. The van der Waals surface area contributed by atoms with Crippen LogP contribution in [0.15, 0.2) is 60.8 Å². The summed E-state index contributed by atoms with van der Waals surface area (Å²) >= 11 is 0. The Hall–Kier alpha value is -5.31. The zero-order valence-corrected chi connectivity index (χ0v) is 26.3. The maximum Gasteiger partial charge on any atom is 0.424 e. The molecule has 2 aliphatic rings. The van der Waals surface area contributed by atoms with E-state index in [0.717, 1.165) is 31.0 Å². The fourth-order valence-electron chi connectivity index (χ4n) is 5.48. The van der Waals surface area contributed by atoms with Gasteiger partial charge in [0, 0.05) is 33.8 Å². The van der Waals surface area contributed by atoms with Gasteiger partial charge >= 0.3 is 6.18 Å². The first-order valence-electron chi connectivity index (χ1n) is 15.2. The quantitative estimate of drug-likeness (QED) is 0.184. The standard InChI is InChI=1S/C34H31F4N5O6/c1-31(9-10-31)43-25(44)15-48-23-13-20(12-19-4-3-11-40-26(19)23)29(45)41-16-33(47,34(36,37)38)24-14-22-28(49-17-32(22,2)30(39)46)27(42-24)18-5-7-21(35)8-6-18/h3-8,11-14,47H,9-10,15-17H2,1-2H3,(H2,39,46)(H,41,45)(H,43,44)/t32-,33-/m0/s1. The number of ether oxygens (including phenoxy) is 2. The number of benzene rings is 2. The van der Waals surface area contributed by atoms with Crippen LogP contribution in [0.4, 0.5) is 17.6 Å². The molecule has 256 valence electrons. The lowest BCUT2D eigenvalue weighted by molar-refractivity contribution is -0.265. The minimum atomic E-state index is -5.41. The molecule has 3 amide bonds. The number of carbonyl (C=O) groups is 3. The third kappa shape index (κ3) is 6.33. The summed E-state index contributed by atoms with van der Waals surface area (Å²) in [6.07, 6.45) is -2.27. The monoisotopic (exact) mass is 681 g/mol. The summed E-state index contributed by atoms with van der Waals surface area (Å²) in [5.74, 6) is -2.95. The Balaban J connectivity index is 1.34. The topological polar surface area (TPSA) is 166 Å². The molecule has 11 nitrogen and oxygen atoms in total. The van der Waals surface area contributed by atoms with Crippen molar-refractivity contribution in [1.82, 2.24) is 20.6 Å². The predicted octanol–water partition coefficient (Wildman–Crippen LogP) is 3.80. The van der Waals surface area contributed by atoms with Crippen molar-refractivity contribution in [2.24, 2.45) is 5.73 Å². The van der Waals surface area contributed by atoms with Crippen LogP contribution in [0.5, 0.6) is 11.5 Å². The molecule has 15 heteroatoms. The molecule has 1 aliphatic heterocycles. The molecule has 2 atom stereocenters. The molecule has 3 heterocycles.